The Balaban J connectivity index is 0.00000338. The monoisotopic (exact) mass is 468 g/mol. The summed E-state index contributed by atoms with van der Waals surface area (Å²) in [5.41, 5.74) is 10.6. The van der Waals surface area contributed by atoms with E-state index in [0.29, 0.717) is 12.5 Å². The summed E-state index contributed by atoms with van der Waals surface area (Å²) < 4.78 is 5.32. The Morgan fingerprint density at radius 3 is 2.50 bits per heavy atom. The van der Waals surface area contributed by atoms with Crippen LogP contribution in [-0.4, -0.2) is 38.6 Å². The largest absolute Gasteiger partial charge is 0.497 e. The zero-order valence-electron chi connectivity index (χ0n) is 16.1. The lowest BCUT2D eigenvalue weighted by molar-refractivity contribution is 0.305. The molecule has 0 saturated heterocycles. The number of anilines is 1. The number of nitrogens with two attached hydrogens (primary N) is 1. The first-order valence-corrected chi connectivity index (χ1v) is 8.35. The first-order chi connectivity index (χ1) is 11.9. The summed E-state index contributed by atoms with van der Waals surface area (Å²) in [5, 5.41) is 3.16. The van der Waals surface area contributed by atoms with Gasteiger partial charge >= 0.3 is 0 Å². The van der Waals surface area contributed by atoms with Gasteiger partial charge in [0.1, 0.15) is 5.75 Å². The van der Waals surface area contributed by atoms with Crippen molar-refractivity contribution in [2.75, 3.05) is 33.1 Å². The predicted octanol–water partition coefficient (Wildman–Crippen LogP) is 3.96. The van der Waals surface area contributed by atoms with Crippen molar-refractivity contribution in [2.45, 2.75) is 19.9 Å². The zero-order chi connectivity index (χ0) is 18.4. The van der Waals surface area contributed by atoms with Crippen LogP contribution in [-0.2, 0) is 0 Å². The molecule has 2 aromatic rings. The number of guanidine groups is 1. The number of likely N-dealkylation sites (N-methyl/N-ethyl adjacent to an activating group) is 1. The highest BCUT2D eigenvalue weighted by Gasteiger charge is 2.14. The fraction of sp³-hybridized carbons (Fsp3) is 0.350. The van der Waals surface area contributed by atoms with E-state index >= 15 is 0 Å². The van der Waals surface area contributed by atoms with E-state index in [1.165, 1.54) is 11.1 Å². The molecule has 0 aliphatic heterocycles. The van der Waals surface area contributed by atoms with Gasteiger partial charge in [-0.05, 0) is 68.9 Å². The molecule has 1 atom stereocenters. The molecule has 1 unspecified atom stereocenters. The van der Waals surface area contributed by atoms with Crippen molar-refractivity contribution in [1.29, 1.82) is 0 Å². The summed E-state index contributed by atoms with van der Waals surface area (Å²) in [6, 6.07) is 14.3. The summed E-state index contributed by atoms with van der Waals surface area (Å²) in [6.07, 6.45) is 0. The molecule has 0 aliphatic carbocycles. The van der Waals surface area contributed by atoms with E-state index in [-0.39, 0.29) is 30.0 Å². The first-order valence-electron chi connectivity index (χ1n) is 8.35. The number of methoxy groups -OCH3 is 1. The standard InChI is InChI=1S/C20H28N4O.HI/c1-14-9-10-17(11-15(14)2)23-20(21)22-13-19(24(3)4)16-7-6-8-18(12-16)25-5;/h6-12,19H,13H2,1-5H3,(H3,21,22,23);1H. The maximum atomic E-state index is 6.07. The van der Waals surface area contributed by atoms with Crippen molar-refractivity contribution >= 4 is 35.6 Å². The quantitative estimate of drug-likeness (QED) is 0.383. The van der Waals surface area contributed by atoms with E-state index in [9.17, 15) is 0 Å². The molecule has 0 amide bonds. The van der Waals surface area contributed by atoms with Crippen LogP contribution in [0.2, 0.25) is 0 Å². The third kappa shape index (κ3) is 6.17. The molecule has 5 nitrogen and oxygen atoms in total. The molecule has 26 heavy (non-hydrogen) atoms. The molecular formula is C20H29IN4O. The number of aliphatic imine (C=N–C) groups is 1. The number of ether oxygens (including phenoxy) is 1. The Morgan fingerprint density at radius 1 is 1.15 bits per heavy atom. The lowest BCUT2D eigenvalue weighted by Crippen LogP contribution is -2.27. The maximum Gasteiger partial charge on any atom is 0.193 e. The summed E-state index contributed by atoms with van der Waals surface area (Å²) >= 11 is 0. The van der Waals surface area contributed by atoms with Crippen molar-refractivity contribution in [2.24, 2.45) is 10.7 Å². The van der Waals surface area contributed by atoms with Gasteiger partial charge in [0.15, 0.2) is 5.96 Å². The van der Waals surface area contributed by atoms with Gasteiger partial charge in [0, 0.05) is 5.69 Å². The summed E-state index contributed by atoms with van der Waals surface area (Å²) in [7, 11) is 5.74. The Morgan fingerprint density at radius 2 is 1.88 bits per heavy atom. The average molecular weight is 468 g/mol. The second-order valence-corrected chi connectivity index (χ2v) is 6.41. The van der Waals surface area contributed by atoms with Crippen LogP contribution in [0, 0.1) is 13.8 Å². The third-order valence-corrected chi connectivity index (χ3v) is 4.32. The second kappa shape index (κ2) is 10.4. The Labute approximate surface area is 173 Å². The number of benzene rings is 2. The van der Waals surface area contributed by atoms with Crippen molar-refractivity contribution in [3.05, 3.63) is 59.2 Å². The van der Waals surface area contributed by atoms with Crippen molar-refractivity contribution in [3.63, 3.8) is 0 Å². The minimum atomic E-state index is 0. The SMILES string of the molecule is COc1cccc(C(CN=C(N)Nc2ccc(C)c(C)c2)N(C)C)c1.I. The number of nitrogens with zero attached hydrogens (tertiary/aromatic N) is 2. The van der Waals surface area contributed by atoms with Gasteiger partial charge in [-0.25, -0.2) is 0 Å². The molecule has 2 aromatic carbocycles. The molecule has 142 valence electrons. The molecule has 6 heteroatoms. The van der Waals surface area contributed by atoms with Gasteiger partial charge in [-0.3, -0.25) is 4.99 Å². The highest BCUT2D eigenvalue weighted by molar-refractivity contribution is 14.0. The van der Waals surface area contributed by atoms with E-state index in [4.69, 9.17) is 10.5 Å². The van der Waals surface area contributed by atoms with Gasteiger partial charge in [0.2, 0.25) is 0 Å². The zero-order valence-corrected chi connectivity index (χ0v) is 18.4. The third-order valence-electron chi connectivity index (χ3n) is 4.32. The van der Waals surface area contributed by atoms with E-state index in [1.807, 2.05) is 38.4 Å². The van der Waals surface area contributed by atoms with Crippen LogP contribution in [0.25, 0.3) is 0 Å². The molecule has 0 bridgehead atoms. The van der Waals surface area contributed by atoms with Gasteiger partial charge in [-0.1, -0.05) is 18.2 Å². The molecule has 0 fully saturated rings. The van der Waals surface area contributed by atoms with E-state index in [2.05, 4.69) is 47.3 Å². The lowest BCUT2D eigenvalue weighted by Gasteiger charge is -2.23. The smallest absolute Gasteiger partial charge is 0.193 e. The molecular weight excluding hydrogens is 439 g/mol. The summed E-state index contributed by atoms with van der Waals surface area (Å²) in [6.45, 7) is 4.73. The number of halogens is 1. The molecule has 0 aliphatic rings. The molecule has 0 heterocycles. The normalized spacial score (nSPS) is 12.5. The predicted molar refractivity (Wildman–Crippen MR) is 121 cm³/mol. The average Bonchev–Trinajstić information content (AvgIpc) is 2.58. The maximum absolute atomic E-state index is 6.07. The van der Waals surface area contributed by atoms with E-state index < -0.39 is 0 Å². The fourth-order valence-corrected chi connectivity index (χ4v) is 2.61. The minimum Gasteiger partial charge on any atom is -0.497 e. The first kappa shape index (κ1) is 22.2. The van der Waals surface area contributed by atoms with E-state index in [1.54, 1.807) is 7.11 Å². The van der Waals surface area contributed by atoms with Crippen molar-refractivity contribution < 1.29 is 4.74 Å². The summed E-state index contributed by atoms with van der Waals surface area (Å²) in [4.78, 5) is 6.65. The van der Waals surface area contributed by atoms with Crippen molar-refractivity contribution in [3.8, 4) is 5.75 Å². The van der Waals surface area contributed by atoms with Crippen LogP contribution >= 0.6 is 24.0 Å². The van der Waals surface area contributed by atoms with Crippen LogP contribution in [0.15, 0.2) is 47.5 Å². The Bertz CT molecular complexity index is 746. The van der Waals surface area contributed by atoms with Gasteiger partial charge in [0.25, 0.3) is 0 Å². The number of rotatable bonds is 6. The fourth-order valence-electron chi connectivity index (χ4n) is 2.61. The van der Waals surface area contributed by atoms with Gasteiger partial charge in [0.05, 0.1) is 19.7 Å². The lowest BCUT2D eigenvalue weighted by atomic mass is 10.1. The Kier molecular flexibility index (Phi) is 8.87. The van der Waals surface area contributed by atoms with Crippen LogP contribution in [0.5, 0.6) is 5.75 Å². The van der Waals surface area contributed by atoms with Crippen LogP contribution in [0.3, 0.4) is 0 Å². The molecule has 0 spiro atoms. The highest BCUT2D eigenvalue weighted by atomic mass is 127. The minimum absolute atomic E-state index is 0. The van der Waals surface area contributed by atoms with Crippen molar-refractivity contribution in [1.82, 2.24) is 4.90 Å². The second-order valence-electron chi connectivity index (χ2n) is 6.41. The Hall–Kier alpha value is -1.80. The van der Waals surface area contributed by atoms with Gasteiger partial charge in [-0.2, -0.15) is 0 Å². The van der Waals surface area contributed by atoms with Gasteiger partial charge in [-0.15, -0.1) is 24.0 Å². The van der Waals surface area contributed by atoms with E-state index in [0.717, 1.165) is 17.0 Å². The number of hydrogen-bond acceptors (Lipinski definition) is 3. The summed E-state index contributed by atoms with van der Waals surface area (Å²) in [5.74, 6) is 1.26. The van der Waals surface area contributed by atoms with Crippen LogP contribution < -0.4 is 15.8 Å². The molecule has 0 radical (unpaired) electrons. The molecule has 0 saturated carbocycles. The van der Waals surface area contributed by atoms with Crippen LogP contribution in [0.1, 0.15) is 22.7 Å². The number of hydrogen-bond donors (Lipinski definition) is 2. The van der Waals surface area contributed by atoms with Crippen LogP contribution in [0.4, 0.5) is 5.69 Å². The van der Waals surface area contributed by atoms with Gasteiger partial charge < -0.3 is 20.7 Å². The number of nitrogens with one attached hydrogen (secondary N) is 1. The highest BCUT2D eigenvalue weighted by Crippen LogP contribution is 2.23. The molecule has 2 rings (SSSR count). The molecule has 3 N–H and O–H groups in total. The molecule has 0 aromatic heterocycles. The number of aryl methyl sites for hydroxylation is 2. The topological polar surface area (TPSA) is 62.9 Å².